The fraction of sp³-hybridized carbons (Fsp3) is 0.375. The van der Waals surface area contributed by atoms with Gasteiger partial charge in [0.05, 0.1) is 10.3 Å². The average Bonchev–Trinajstić information content (AvgIpc) is 3.24. The van der Waals surface area contributed by atoms with Gasteiger partial charge in [0.1, 0.15) is 6.54 Å². The van der Waals surface area contributed by atoms with E-state index in [2.05, 4.69) is 75.3 Å². The minimum atomic E-state index is -4.28. The predicted octanol–water partition coefficient (Wildman–Crippen LogP) is 6.16. The van der Waals surface area contributed by atoms with E-state index < -0.39 is 21.5 Å². The quantitative estimate of drug-likeness (QED) is 0.215. The molecule has 0 bridgehead atoms. The van der Waals surface area contributed by atoms with Gasteiger partial charge in [0.25, 0.3) is 10.1 Å². The summed E-state index contributed by atoms with van der Waals surface area (Å²) in [7, 11) is -4.28. The molecule has 2 aromatic carbocycles. The maximum atomic E-state index is 11.7. The molecule has 0 saturated carbocycles. The molecular weight excluding hydrogens is 524 g/mol. The summed E-state index contributed by atoms with van der Waals surface area (Å²) in [6, 6.07) is 11.1. The van der Waals surface area contributed by atoms with Crippen LogP contribution in [0.5, 0.6) is 0 Å². The van der Waals surface area contributed by atoms with Gasteiger partial charge in [0.15, 0.2) is 5.71 Å². The molecule has 0 fully saturated rings. The van der Waals surface area contributed by atoms with E-state index in [1.165, 1.54) is 17.3 Å². The van der Waals surface area contributed by atoms with Crippen LogP contribution in [-0.4, -0.2) is 47.4 Å². The van der Waals surface area contributed by atoms with Crippen LogP contribution in [0.3, 0.4) is 0 Å². The van der Waals surface area contributed by atoms with Crippen molar-refractivity contribution in [1.29, 1.82) is 0 Å². The number of carboxylic acids is 1. The highest BCUT2D eigenvalue weighted by molar-refractivity contribution is 7.85. The molecule has 2 aliphatic rings. The number of aryl methyl sites for hydroxylation is 1. The summed E-state index contributed by atoms with van der Waals surface area (Å²) in [6.45, 7) is 14.2. The Kier molecular flexibility index (Phi) is 7.98. The number of hydrogen-bond acceptors (Lipinski definition) is 4. The molecule has 40 heavy (non-hydrogen) atoms. The van der Waals surface area contributed by atoms with E-state index in [9.17, 15) is 17.8 Å². The van der Waals surface area contributed by atoms with Crippen molar-refractivity contribution in [2.75, 3.05) is 18.0 Å². The first-order valence-corrected chi connectivity index (χ1v) is 15.1. The van der Waals surface area contributed by atoms with Gasteiger partial charge < -0.3 is 10.0 Å². The van der Waals surface area contributed by atoms with Crippen LogP contribution in [0, 0.1) is 0 Å². The number of nitrogens with zero attached hydrogens (tertiary/aromatic N) is 2. The normalized spacial score (nSPS) is 18.8. The van der Waals surface area contributed by atoms with Crippen molar-refractivity contribution in [3.8, 4) is 0 Å². The zero-order valence-corrected chi connectivity index (χ0v) is 24.9. The zero-order valence-electron chi connectivity index (χ0n) is 24.1. The third-order valence-electron chi connectivity index (χ3n) is 8.11. The number of anilines is 1. The third kappa shape index (κ3) is 5.30. The molecule has 0 atom stereocenters. The van der Waals surface area contributed by atoms with E-state index in [0.29, 0.717) is 6.42 Å². The Morgan fingerprint density at radius 1 is 0.975 bits per heavy atom. The van der Waals surface area contributed by atoms with Crippen LogP contribution in [0.1, 0.15) is 64.7 Å². The van der Waals surface area contributed by atoms with Gasteiger partial charge in [-0.05, 0) is 69.5 Å². The molecule has 0 amide bonds. The first-order valence-electron chi connectivity index (χ1n) is 13.7. The fourth-order valence-corrected chi connectivity index (χ4v) is 6.49. The van der Waals surface area contributed by atoms with E-state index in [0.717, 1.165) is 41.3 Å². The molecule has 2 aromatic rings. The van der Waals surface area contributed by atoms with E-state index in [1.807, 2.05) is 24.3 Å². The van der Waals surface area contributed by atoms with Crippen molar-refractivity contribution in [3.63, 3.8) is 0 Å². The number of benzene rings is 2. The molecule has 0 saturated heterocycles. The van der Waals surface area contributed by atoms with Gasteiger partial charge in [-0.3, -0.25) is 9.35 Å². The second kappa shape index (κ2) is 10.8. The first kappa shape index (κ1) is 29.5. The molecule has 2 N–H and O–H groups in total. The lowest BCUT2D eigenvalue weighted by Crippen LogP contribution is -2.27. The summed E-state index contributed by atoms with van der Waals surface area (Å²) in [5.41, 5.74) is 6.76. The highest BCUT2D eigenvalue weighted by Gasteiger charge is 2.44. The molecular formula is C32H39N2O5S+. The molecule has 8 heteroatoms. The maximum absolute atomic E-state index is 11.7. The van der Waals surface area contributed by atoms with E-state index >= 15 is 0 Å². The van der Waals surface area contributed by atoms with Crippen molar-refractivity contribution in [2.45, 2.75) is 70.1 Å². The Morgan fingerprint density at radius 2 is 1.70 bits per heavy atom. The Morgan fingerprint density at radius 3 is 2.33 bits per heavy atom. The number of carboxylic acid groups (broad SMARTS) is 1. The van der Waals surface area contributed by atoms with E-state index in [1.54, 1.807) is 12.1 Å². The van der Waals surface area contributed by atoms with Gasteiger partial charge >= 0.3 is 5.97 Å². The Balaban J connectivity index is 1.60. The molecule has 0 radical (unpaired) electrons. The van der Waals surface area contributed by atoms with Crippen molar-refractivity contribution in [1.82, 2.24) is 0 Å². The molecule has 4 rings (SSSR count). The monoisotopic (exact) mass is 563 g/mol. The van der Waals surface area contributed by atoms with Crippen molar-refractivity contribution < 1.29 is 27.4 Å². The van der Waals surface area contributed by atoms with Crippen LogP contribution in [0.25, 0.3) is 0 Å². The van der Waals surface area contributed by atoms with E-state index in [4.69, 9.17) is 5.11 Å². The number of rotatable bonds is 9. The van der Waals surface area contributed by atoms with Crippen LogP contribution in [-0.2, 0) is 32.2 Å². The molecule has 0 aromatic heterocycles. The lowest BCUT2D eigenvalue weighted by Gasteiger charge is -2.25. The smallest absolute Gasteiger partial charge is 0.303 e. The summed E-state index contributed by atoms with van der Waals surface area (Å²) in [5, 5.41) is 9.08. The number of likely N-dealkylation sites (N-methyl/N-ethyl adjacent to an activating group) is 1. The highest BCUT2D eigenvalue weighted by Crippen LogP contribution is 2.48. The third-order valence-corrected chi connectivity index (χ3v) is 8.96. The molecule has 0 aliphatic carbocycles. The van der Waals surface area contributed by atoms with Gasteiger partial charge in [-0.2, -0.15) is 13.0 Å². The number of aliphatic carboxylic acids is 1. The fourth-order valence-electron chi connectivity index (χ4n) is 5.98. The summed E-state index contributed by atoms with van der Waals surface area (Å²) in [4.78, 5) is 13.3. The minimum absolute atomic E-state index is 0.0956. The molecule has 2 heterocycles. The minimum Gasteiger partial charge on any atom is -0.481 e. The first-order chi connectivity index (χ1) is 18.7. The van der Waals surface area contributed by atoms with Crippen LogP contribution in [0.4, 0.5) is 11.4 Å². The molecule has 0 unspecified atom stereocenters. The molecule has 0 spiro atoms. The average molecular weight is 564 g/mol. The number of hydrogen-bond donors (Lipinski definition) is 2. The second-order valence-electron chi connectivity index (χ2n) is 11.3. The van der Waals surface area contributed by atoms with Crippen LogP contribution in [0.15, 0.2) is 77.4 Å². The lowest BCUT2D eigenvalue weighted by atomic mass is 9.81. The topological polar surface area (TPSA) is 97.9 Å². The van der Waals surface area contributed by atoms with Gasteiger partial charge in [-0.1, -0.05) is 44.2 Å². The SMILES string of the molecule is CCN1/C(=C/C=C/C=C/C2=[N+](CC)c3ccc(S(=O)(=O)O)cc3C2(C)C)C(C)(C)c2cc(CCC(=O)O)ccc21. The van der Waals surface area contributed by atoms with Gasteiger partial charge in [-0.25, -0.2) is 0 Å². The highest BCUT2D eigenvalue weighted by atomic mass is 32.2. The molecule has 2 aliphatic heterocycles. The maximum Gasteiger partial charge on any atom is 0.303 e. The predicted molar refractivity (Wildman–Crippen MR) is 160 cm³/mol. The zero-order chi connectivity index (χ0) is 29.5. The van der Waals surface area contributed by atoms with Gasteiger partial charge in [0.2, 0.25) is 5.69 Å². The standard InChI is InChI=1S/C32H38N2O5S/c1-7-33-26-17-14-22(15-19-30(35)36)20-24(26)31(3,4)28(33)12-10-9-11-13-29-32(5,6)25-21-23(40(37,38)39)16-18-27(25)34(29)8-2/h9-14,16-18,20-21H,7-8,15,19H2,1-6H3,(H-,35,36,37,38,39)/p+1. The number of carbonyl (C=O) groups is 1. The largest absolute Gasteiger partial charge is 0.481 e. The number of allylic oxidation sites excluding steroid dienone is 6. The summed E-state index contributed by atoms with van der Waals surface area (Å²) in [6.07, 6.45) is 10.9. The number of fused-ring (bicyclic) bond motifs is 2. The Bertz CT molecular complexity index is 1580. The summed E-state index contributed by atoms with van der Waals surface area (Å²) < 4.78 is 35.2. The van der Waals surface area contributed by atoms with Crippen LogP contribution in [0.2, 0.25) is 0 Å². The second-order valence-corrected chi connectivity index (χ2v) is 12.7. The van der Waals surface area contributed by atoms with E-state index in [-0.39, 0.29) is 16.7 Å². The lowest BCUT2D eigenvalue weighted by molar-refractivity contribution is -0.433. The molecule has 7 nitrogen and oxygen atoms in total. The molecule has 212 valence electrons. The summed E-state index contributed by atoms with van der Waals surface area (Å²) >= 11 is 0. The Hall–Kier alpha value is -3.49. The summed E-state index contributed by atoms with van der Waals surface area (Å²) in [5.74, 6) is -0.790. The van der Waals surface area contributed by atoms with Crippen LogP contribution < -0.4 is 4.90 Å². The van der Waals surface area contributed by atoms with Crippen molar-refractivity contribution >= 4 is 33.2 Å². The van der Waals surface area contributed by atoms with Crippen molar-refractivity contribution in [2.24, 2.45) is 0 Å². The Labute approximate surface area is 237 Å². The van der Waals surface area contributed by atoms with Crippen molar-refractivity contribution in [3.05, 3.63) is 89.2 Å². The van der Waals surface area contributed by atoms with Gasteiger partial charge in [0, 0.05) is 47.5 Å². The van der Waals surface area contributed by atoms with Gasteiger partial charge in [-0.15, -0.1) is 0 Å². The van der Waals surface area contributed by atoms with Crippen LogP contribution >= 0.6 is 0 Å².